The van der Waals surface area contributed by atoms with E-state index in [2.05, 4.69) is 6.07 Å². The first-order valence-electron chi connectivity index (χ1n) is 5.33. The first-order valence-corrected chi connectivity index (χ1v) is 5.33. The largest absolute Gasteiger partial charge is 0.301 e. The molecule has 1 atom stereocenters. The van der Waals surface area contributed by atoms with E-state index in [9.17, 15) is 4.39 Å². The summed E-state index contributed by atoms with van der Waals surface area (Å²) >= 11 is 0. The minimum atomic E-state index is -0.319. The molecule has 0 N–H and O–H groups in total. The number of hydrogen-bond acceptors (Lipinski definition) is 3. The Hall–Kier alpha value is -1.91. The van der Waals surface area contributed by atoms with E-state index in [-0.39, 0.29) is 11.7 Å². The third-order valence-electron chi connectivity index (χ3n) is 2.42. The maximum absolute atomic E-state index is 13.5. The number of nitriles is 2. The van der Waals surface area contributed by atoms with E-state index in [1.807, 2.05) is 24.9 Å². The fourth-order valence-corrected chi connectivity index (χ4v) is 1.63. The van der Waals surface area contributed by atoms with Gasteiger partial charge < -0.3 is 4.90 Å². The lowest BCUT2D eigenvalue weighted by atomic mass is 10.1. The van der Waals surface area contributed by atoms with Crippen molar-refractivity contribution in [3.8, 4) is 12.1 Å². The molecule has 4 heteroatoms. The van der Waals surface area contributed by atoms with Gasteiger partial charge in [-0.3, -0.25) is 0 Å². The van der Waals surface area contributed by atoms with Gasteiger partial charge >= 0.3 is 0 Å². The predicted octanol–water partition coefficient (Wildman–Crippen LogP) is 2.29. The number of benzene rings is 1. The van der Waals surface area contributed by atoms with E-state index >= 15 is 0 Å². The highest BCUT2D eigenvalue weighted by atomic mass is 19.1. The molecule has 0 spiro atoms. The van der Waals surface area contributed by atoms with Crippen molar-refractivity contribution in [3.05, 3.63) is 35.1 Å². The van der Waals surface area contributed by atoms with Gasteiger partial charge in [0.1, 0.15) is 5.82 Å². The van der Waals surface area contributed by atoms with E-state index in [1.54, 1.807) is 6.07 Å². The molecule has 0 heterocycles. The molecule has 0 bridgehead atoms. The number of rotatable bonds is 4. The fourth-order valence-electron chi connectivity index (χ4n) is 1.63. The molecule has 88 valence electrons. The second-order valence-electron chi connectivity index (χ2n) is 4.14. The van der Waals surface area contributed by atoms with Crippen LogP contribution in [-0.2, 0) is 6.54 Å². The lowest BCUT2D eigenvalue weighted by Gasteiger charge is -2.18. The number of hydrogen-bond donors (Lipinski definition) is 0. The van der Waals surface area contributed by atoms with Crippen molar-refractivity contribution in [2.75, 3.05) is 13.6 Å². The highest BCUT2D eigenvalue weighted by molar-refractivity contribution is 5.33. The Bertz CT molecular complexity index is 471. The zero-order chi connectivity index (χ0) is 12.8. The Morgan fingerprint density at radius 1 is 1.41 bits per heavy atom. The summed E-state index contributed by atoms with van der Waals surface area (Å²) < 4.78 is 13.5. The Morgan fingerprint density at radius 3 is 2.71 bits per heavy atom. The first kappa shape index (κ1) is 13.2. The number of nitrogens with zero attached hydrogens (tertiary/aromatic N) is 3. The Morgan fingerprint density at radius 2 is 2.12 bits per heavy atom. The van der Waals surface area contributed by atoms with Gasteiger partial charge in [-0.15, -0.1) is 0 Å². The maximum Gasteiger partial charge on any atom is 0.127 e. The van der Waals surface area contributed by atoms with Crippen molar-refractivity contribution in [3.63, 3.8) is 0 Å². The van der Waals surface area contributed by atoms with Crippen molar-refractivity contribution in [1.82, 2.24) is 4.90 Å². The quantitative estimate of drug-likeness (QED) is 0.798. The van der Waals surface area contributed by atoms with Crippen LogP contribution in [0.4, 0.5) is 4.39 Å². The van der Waals surface area contributed by atoms with E-state index in [4.69, 9.17) is 10.5 Å². The van der Waals surface area contributed by atoms with Gasteiger partial charge in [0.05, 0.1) is 23.6 Å². The average molecular weight is 231 g/mol. The molecule has 3 nitrogen and oxygen atoms in total. The van der Waals surface area contributed by atoms with E-state index in [1.165, 1.54) is 12.1 Å². The summed E-state index contributed by atoms with van der Waals surface area (Å²) in [6.45, 7) is 2.79. The predicted molar refractivity (Wildman–Crippen MR) is 62.2 cm³/mol. The van der Waals surface area contributed by atoms with E-state index in [0.717, 1.165) is 0 Å². The van der Waals surface area contributed by atoms with Crippen LogP contribution in [0.2, 0.25) is 0 Å². The van der Waals surface area contributed by atoms with E-state index < -0.39 is 0 Å². The van der Waals surface area contributed by atoms with Crippen LogP contribution in [0.3, 0.4) is 0 Å². The fraction of sp³-hybridized carbons (Fsp3) is 0.385. The third-order valence-corrected chi connectivity index (χ3v) is 2.42. The molecule has 1 aromatic carbocycles. The van der Waals surface area contributed by atoms with Crippen molar-refractivity contribution >= 4 is 0 Å². The molecule has 0 aromatic heterocycles. The minimum absolute atomic E-state index is 0.0952. The maximum atomic E-state index is 13.5. The summed E-state index contributed by atoms with van der Waals surface area (Å²) in [6, 6.07) is 8.41. The molecular formula is C13H14FN3. The molecule has 0 aliphatic rings. The normalized spacial score (nSPS) is 11.9. The molecule has 1 unspecified atom stereocenters. The van der Waals surface area contributed by atoms with Crippen molar-refractivity contribution < 1.29 is 4.39 Å². The van der Waals surface area contributed by atoms with Crippen LogP contribution in [-0.4, -0.2) is 18.5 Å². The zero-order valence-corrected chi connectivity index (χ0v) is 9.94. The zero-order valence-electron chi connectivity index (χ0n) is 9.94. The summed E-state index contributed by atoms with van der Waals surface area (Å²) in [4.78, 5) is 1.87. The lowest BCUT2D eigenvalue weighted by molar-refractivity contribution is 0.298. The summed E-state index contributed by atoms with van der Waals surface area (Å²) in [5.41, 5.74) is 0.930. The molecule has 0 aliphatic heterocycles. The monoisotopic (exact) mass is 231 g/mol. The highest BCUT2D eigenvalue weighted by Gasteiger charge is 2.09. The molecule has 1 aromatic rings. The summed E-state index contributed by atoms with van der Waals surface area (Å²) in [5.74, 6) is -0.414. The lowest BCUT2D eigenvalue weighted by Crippen LogP contribution is -2.23. The molecule has 1 rings (SSSR count). The van der Waals surface area contributed by atoms with Gasteiger partial charge in [0, 0.05) is 18.7 Å². The molecule has 0 saturated carbocycles. The molecule has 0 saturated heterocycles. The molecule has 0 amide bonds. The molecule has 17 heavy (non-hydrogen) atoms. The van der Waals surface area contributed by atoms with Crippen molar-refractivity contribution in [2.24, 2.45) is 5.92 Å². The van der Waals surface area contributed by atoms with Crippen LogP contribution >= 0.6 is 0 Å². The molecule has 0 fully saturated rings. The van der Waals surface area contributed by atoms with E-state index in [0.29, 0.717) is 24.2 Å². The van der Waals surface area contributed by atoms with Gasteiger partial charge in [0.15, 0.2) is 0 Å². The van der Waals surface area contributed by atoms with Crippen LogP contribution in [0.25, 0.3) is 0 Å². The average Bonchev–Trinajstić information content (AvgIpc) is 2.31. The minimum Gasteiger partial charge on any atom is -0.301 e. The second-order valence-corrected chi connectivity index (χ2v) is 4.14. The van der Waals surface area contributed by atoms with Crippen LogP contribution in [0.15, 0.2) is 18.2 Å². The smallest absolute Gasteiger partial charge is 0.127 e. The van der Waals surface area contributed by atoms with Gasteiger partial charge in [0.25, 0.3) is 0 Å². The van der Waals surface area contributed by atoms with Gasteiger partial charge in [-0.05, 0) is 32.2 Å². The topological polar surface area (TPSA) is 50.8 Å². The van der Waals surface area contributed by atoms with Crippen LogP contribution in [0.1, 0.15) is 18.1 Å². The SMILES string of the molecule is CC(C#N)CN(C)Cc1cc(C#N)ccc1F. The Balaban J connectivity index is 2.75. The van der Waals surface area contributed by atoms with Gasteiger partial charge in [0.2, 0.25) is 0 Å². The Labute approximate surface area is 101 Å². The summed E-state index contributed by atoms with van der Waals surface area (Å²) in [6.07, 6.45) is 0. The Kier molecular flexibility index (Phi) is 4.63. The van der Waals surface area contributed by atoms with Crippen LogP contribution < -0.4 is 0 Å². The summed E-state index contributed by atoms with van der Waals surface area (Å²) in [7, 11) is 1.83. The van der Waals surface area contributed by atoms with Gasteiger partial charge in [-0.2, -0.15) is 10.5 Å². The van der Waals surface area contributed by atoms with Crippen molar-refractivity contribution in [1.29, 1.82) is 10.5 Å². The van der Waals surface area contributed by atoms with Gasteiger partial charge in [-0.1, -0.05) is 0 Å². The van der Waals surface area contributed by atoms with Crippen LogP contribution in [0.5, 0.6) is 0 Å². The molecule has 0 aliphatic carbocycles. The summed E-state index contributed by atoms with van der Waals surface area (Å²) in [5, 5.41) is 17.4. The second kappa shape index (κ2) is 5.98. The third kappa shape index (κ3) is 3.86. The van der Waals surface area contributed by atoms with Crippen molar-refractivity contribution in [2.45, 2.75) is 13.5 Å². The van der Waals surface area contributed by atoms with Gasteiger partial charge in [-0.25, -0.2) is 4.39 Å². The standard InChI is InChI=1S/C13H14FN3/c1-10(6-15)8-17(2)9-12-5-11(7-16)3-4-13(12)14/h3-5,10H,8-9H2,1-2H3. The number of halogens is 1. The highest BCUT2D eigenvalue weighted by Crippen LogP contribution is 2.12. The first-order chi connectivity index (χ1) is 8.06. The molecule has 0 radical (unpaired) electrons. The molecular weight excluding hydrogens is 217 g/mol. The van der Waals surface area contributed by atoms with Crippen LogP contribution in [0, 0.1) is 34.4 Å².